The fourth-order valence-corrected chi connectivity index (χ4v) is 2.78. The molecule has 3 rings (SSSR count). The van der Waals surface area contributed by atoms with Gasteiger partial charge in [0.15, 0.2) is 0 Å². The van der Waals surface area contributed by atoms with E-state index in [9.17, 15) is 4.79 Å². The van der Waals surface area contributed by atoms with Crippen molar-refractivity contribution in [2.45, 2.75) is 13.0 Å². The molecule has 0 spiro atoms. The first-order valence-electron chi connectivity index (χ1n) is 9.08. The lowest BCUT2D eigenvalue weighted by Gasteiger charge is -2.24. The molecule has 0 aliphatic rings. The average molecular weight is 363 g/mol. The zero-order valence-corrected chi connectivity index (χ0v) is 15.8. The summed E-state index contributed by atoms with van der Waals surface area (Å²) in [5, 5.41) is 0. The summed E-state index contributed by atoms with van der Waals surface area (Å²) >= 11 is 0. The van der Waals surface area contributed by atoms with Gasteiger partial charge in [-0.1, -0.05) is 48.5 Å². The van der Waals surface area contributed by atoms with Crippen molar-refractivity contribution >= 4 is 5.91 Å². The van der Waals surface area contributed by atoms with Gasteiger partial charge in [-0.15, -0.1) is 0 Å². The van der Waals surface area contributed by atoms with Crippen LogP contribution in [0.5, 0.6) is 0 Å². The molecule has 0 aliphatic carbocycles. The van der Waals surface area contributed by atoms with Crippen molar-refractivity contribution in [2.24, 2.45) is 0 Å². The third kappa shape index (κ3) is 5.53. The van der Waals surface area contributed by atoms with Gasteiger partial charge in [0.2, 0.25) is 11.8 Å². The molecule has 2 aromatic carbocycles. The van der Waals surface area contributed by atoms with Gasteiger partial charge < -0.3 is 14.2 Å². The van der Waals surface area contributed by atoms with Gasteiger partial charge in [-0.05, 0) is 31.8 Å². The summed E-state index contributed by atoms with van der Waals surface area (Å²) in [7, 11) is 4.02. The number of nitrogens with zero attached hydrogens (tertiary/aromatic N) is 3. The summed E-state index contributed by atoms with van der Waals surface area (Å²) in [5.74, 6) is 0.593. The maximum atomic E-state index is 12.9. The van der Waals surface area contributed by atoms with Crippen molar-refractivity contribution < 1.29 is 9.21 Å². The van der Waals surface area contributed by atoms with Crippen LogP contribution in [0.2, 0.25) is 0 Å². The van der Waals surface area contributed by atoms with E-state index < -0.39 is 0 Å². The average Bonchev–Trinajstić information content (AvgIpc) is 3.15. The number of benzene rings is 2. The lowest BCUT2D eigenvalue weighted by atomic mass is 10.2. The van der Waals surface area contributed by atoms with Crippen molar-refractivity contribution in [3.63, 3.8) is 0 Å². The highest BCUT2D eigenvalue weighted by Crippen LogP contribution is 2.18. The number of hydrogen-bond donors (Lipinski definition) is 0. The number of rotatable bonds is 8. The minimum absolute atomic E-state index is 0.0496. The molecular formula is C22H25N3O2. The number of likely N-dealkylation sites (N-methyl/N-ethyl adjacent to an activating group) is 1. The molecule has 0 unspecified atom stereocenters. The number of oxazole rings is 1. The molecule has 3 aromatic rings. The molecular weight excluding hydrogens is 338 g/mol. The van der Waals surface area contributed by atoms with Crippen molar-refractivity contribution in [1.82, 2.24) is 14.8 Å². The van der Waals surface area contributed by atoms with Gasteiger partial charge >= 0.3 is 0 Å². The van der Waals surface area contributed by atoms with Gasteiger partial charge in [0.05, 0.1) is 12.1 Å². The molecule has 0 atom stereocenters. The van der Waals surface area contributed by atoms with Crippen molar-refractivity contribution in [1.29, 1.82) is 0 Å². The highest BCUT2D eigenvalue weighted by molar-refractivity contribution is 5.78. The van der Waals surface area contributed by atoms with Crippen LogP contribution in [0.4, 0.5) is 0 Å². The molecule has 0 saturated heterocycles. The number of amides is 1. The Morgan fingerprint density at radius 1 is 0.963 bits per heavy atom. The Morgan fingerprint density at radius 2 is 1.63 bits per heavy atom. The van der Waals surface area contributed by atoms with E-state index in [1.54, 1.807) is 6.26 Å². The second-order valence-electron chi connectivity index (χ2n) is 6.79. The largest absolute Gasteiger partial charge is 0.444 e. The Hall–Kier alpha value is -2.92. The SMILES string of the molecule is CN(C)CCN(Cc1ccccc1)C(=O)Cc1coc(-c2ccccc2)n1. The second kappa shape index (κ2) is 9.14. The maximum Gasteiger partial charge on any atom is 0.229 e. The smallest absolute Gasteiger partial charge is 0.229 e. The molecule has 1 aromatic heterocycles. The monoisotopic (exact) mass is 363 g/mol. The maximum absolute atomic E-state index is 12.9. The van der Waals surface area contributed by atoms with Gasteiger partial charge in [0.25, 0.3) is 0 Å². The summed E-state index contributed by atoms with van der Waals surface area (Å²) in [6.07, 6.45) is 1.81. The standard InChI is InChI=1S/C22H25N3O2/c1-24(2)13-14-25(16-18-9-5-3-6-10-18)21(26)15-20-17-27-22(23-20)19-11-7-4-8-12-19/h3-12,17H,13-16H2,1-2H3. The zero-order valence-electron chi connectivity index (χ0n) is 15.8. The zero-order chi connectivity index (χ0) is 19.1. The van der Waals surface area contributed by atoms with E-state index in [1.807, 2.05) is 79.7 Å². The minimum atomic E-state index is 0.0496. The van der Waals surface area contributed by atoms with Crippen LogP contribution in [0.1, 0.15) is 11.3 Å². The summed E-state index contributed by atoms with van der Waals surface area (Å²) in [6.45, 7) is 2.08. The Morgan fingerprint density at radius 3 is 2.30 bits per heavy atom. The summed E-state index contributed by atoms with van der Waals surface area (Å²) in [5.41, 5.74) is 2.68. The van der Waals surface area contributed by atoms with Crippen LogP contribution < -0.4 is 0 Å². The van der Waals surface area contributed by atoms with E-state index in [2.05, 4.69) is 9.88 Å². The van der Waals surface area contributed by atoms with Crippen molar-refractivity contribution in [2.75, 3.05) is 27.2 Å². The quantitative estimate of drug-likeness (QED) is 0.615. The lowest BCUT2D eigenvalue weighted by Crippen LogP contribution is -2.37. The normalized spacial score (nSPS) is 10.9. The summed E-state index contributed by atoms with van der Waals surface area (Å²) in [4.78, 5) is 21.3. The topological polar surface area (TPSA) is 49.6 Å². The molecule has 0 fully saturated rings. The van der Waals surface area contributed by atoms with E-state index in [1.165, 1.54) is 0 Å². The summed E-state index contributed by atoms with van der Waals surface area (Å²) < 4.78 is 5.56. The molecule has 140 valence electrons. The second-order valence-corrected chi connectivity index (χ2v) is 6.79. The van der Waals surface area contributed by atoms with Crippen LogP contribution in [-0.2, 0) is 17.8 Å². The van der Waals surface area contributed by atoms with Crippen LogP contribution in [-0.4, -0.2) is 47.9 Å². The third-order valence-corrected chi connectivity index (χ3v) is 4.29. The molecule has 5 heteroatoms. The van der Waals surface area contributed by atoms with Gasteiger partial charge in [-0.2, -0.15) is 0 Å². The molecule has 0 N–H and O–H groups in total. The number of hydrogen-bond acceptors (Lipinski definition) is 4. The first-order chi connectivity index (χ1) is 13.1. The van der Waals surface area contributed by atoms with E-state index in [-0.39, 0.29) is 12.3 Å². The minimum Gasteiger partial charge on any atom is -0.444 e. The van der Waals surface area contributed by atoms with Gasteiger partial charge in [-0.3, -0.25) is 4.79 Å². The van der Waals surface area contributed by atoms with Crippen LogP contribution in [0.15, 0.2) is 71.3 Å². The van der Waals surface area contributed by atoms with E-state index >= 15 is 0 Å². The molecule has 0 bridgehead atoms. The van der Waals surface area contributed by atoms with E-state index in [0.29, 0.717) is 24.7 Å². The van der Waals surface area contributed by atoms with Crippen LogP contribution in [0, 0.1) is 0 Å². The molecule has 1 amide bonds. The Balaban J connectivity index is 1.69. The predicted octanol–water partition coefficient (Wildman–Crippen LogP) is 3.47. The van der Waals surface area contributed by atoms with Gasteiger partial charge in [0, 0.05) is 25.2 Å². The first kappa shape index (κ1) is 18.9. The highest BCUT2D eigenvalue weighted by atomic mass is 16.3. The molecule has 0 saturated carbocycles. The van der Waals surface area contributed by atoms with Crippen molar-refractivity contribution in [3.05, 3.63) is 78.2 Å². The highest BCUT2D eigenvalue weighted by Gasteiger charge is 2.17. The van der Waals surface area contributed by atoms with Gasteiger partial charge in [0.1, 0.15) is 6.26 Å². The molecule has 1 heterocycles. The third-order valence-electron chi connectivity index (χ3n) is 4.29. The summed E-state index contributed by atoms with van der Waals surface area (Å²) in [6, 6.07) is 19.8. The van der Waals surface area contributed by atoms with Crippen LogP contribution >= 0.6 is 0 Å². The Kier molecular flexibility index (Phi) is 6.39. The number of carbonyl (C=O) groups is 1. The predicted molar refractivity (Wildman–Crippen MR) is 106 cm³/mol. The number of carbonyl (C=O) groups excluding carboxylic acids is 1. The van der Waals surface area contributed by atoms with Crippen LogP contribution in [0.3, 0.4) is 0 Å². The number of aromatic nitrogens is 1. The Bertz CT molecular complexity index is 844. The van der Waals surface area contributed by atoms with E-state index in [0.717, 1.165) is 17.7 Å². The van der Waals surface area contributed by atoms with E-state index in [4.69, 9.17) is 4.42 Å². The molecule has 0 aliphatic heterocycles. The fourth-order valence-electron chi connectivity index (χ4n) is 2.78. The molecule has 27 heavy (non-hydrogen) atoms. The fraction of sp³-hybridized carbons (Fsp3) is 0.273. The van der Waals surface area contributed by atoms with Crippen LogP contribution in [0.25, 0.3) is 11.5 Å². The molecule has 5 nitrogen and oxygen atoms in total. The van der Waals surface area contributed by atoms with Crippen molar-refractivity contribution in [3.8, 4) is 11.5 Å². The lowest BCUT2D eigenvalue weighted by molar-refractivity contribution is -0.131. The Labute approximate surface area is 160 Å². The first-order valence-corrected chi connectivity index (χ1v) is 9.08. The molecule has 0 radical (unpaired) electrons. The van der Waals surface area contributed by atoms with Gasteiger partial charge in [-0.25, -0.2) is 4.98 Å².